The van der Waals surface area contributed by atoms with Crippen LogP contribution < -0.4 is 11.1 Å². The van der Waals surface area contributed by atoms with E-state index in [2.05, 4.69) is 27.1 Å². The monoisotopic (exact) mass is 249 g/mol. The minimum absolute atomic E-state index is 0.506. The molecule has 0 saturated carbocycles. The van der Waals surface area contributed by atoms with Crippen molar-refractivity contribution in [3.05, 3.63) is 11.9 Å². The molecular weight excluding hydrogens is 226 g/mol. The van der Waals surface area contributed by atoms with Gasteiger partial charge in [-0.1, -0.05) is 6.92 Å². The Morgan fingerprint density at radius 2 is 2.11 bits per heavy atom. The van der Waals surface area contributed by atoms with E-state index in [1.165, 1.54) is 38.9 Å². The number of nitrogens with one attached hydrogen (secondary N) is 1. The molecule has 18 heavy (non-hydrogen) atoms. The van der Waals surface area contributed by atoms with E-state index in [0.717, 1.165) is 11.6 Å². The number of aromatic nitrogens is 2. The Balaban J connectivity index is 1.87. The van der Waals surface area contributed by atoms with Crippen molar-refractivity contribution < 1.29 is 0 Å². The van der Waals surface area contributed by atoms with Crippen LogP contribution in [-0.2, 0) is 0 Å². The number of hydrogen-bond acceptors (Lipinski definition) is 5. The van der Waals surface area contributed by atoms with Crippen molar-refractivity contribution in [2.45, 2.75) is 39.2 Å². The van der Waals surface area contributed by atoms with E-state index in [4.69, 9.17) is 5.73 Å². The van der Waals surface area contributed by atoms with Crippen molar-refractivity contribution >= 4 is 11.6 Å². The highest BCUT2D eigenvalue weighted by Crippen LogP contribution is 2.16. The van der Waals surface area contributed by atoms with Crippen LogP contribution in [0.25, 0.3) is 0 Å². The summed E-state index contributed by atoms with van der Waals surface area (Å²) in [6.45, 7) is 7.66. The molecule has 0 atom stereocenters. The van der Waals surface area contributed by atoms with Gasteiger partial charge in [0.2, 0.25) is 0 Å². The van der Waals surface area contributed by atoms with E-state index < -0.39 is 0 Å². The molecule has 1 fully saturated rings. The van der Waals surface area contributed by atoms with Gasteiger partial charge in [-0.25, -0.2) is 9.97 Å². The van der Waals surface area contributed by atoms with Gasteiger partial charge in [-0.05, 0) is 32.7 Å². The van der Waals surface area contributed by atoms with Gasteiger partial charge in [0.1, 0.15) is 17.5 Å². The lowest BCUT2D eigenvalue weighted by molar-refractivity contribution is 0.219. The van der Waals surface area contributed by atoms with Crippen molar-refractivity contribution in [2.24, 2.45) is 0 Å². The first-order valence-corrected chi connectivity index (χ1v) is 6.77. The number of nitrogens with two attached hydrogens (primary N) is 1. The number of nitrogen functional groups attached to an aromatic ring is 1. The molecule has 0 unspecified atom stereocenters. The zero-order valence-corrected chi connectivity index (χ0v) is 11.3. The number of nitrogens with zero attached hydrogens (tertiary/aromatic N) is 3. The van der Waals surface area contributed by atoms with Crippen LogP contribution in [0.4, 0.5) is 11.6 Å². The third kappa shape index (κ3) is 3.57. The Morgan fingerprint density at radius 3 is 2.72 bits per heavy atom. The summed E-state index contributed by atoms with van der Waals surface area (Å²) in [5.41, 5.74) is 5.73. The van der Waals surface area contributed by atoms with E-state index in [9.17, 15) is 0 Å². The maximum absolute atomic E-state index is 5.73. The molecule has 3 N–H and O–H groups in total. The van der Waals surface area contributed by atoms with Crippen molar-refractivity contribution in [2.75, 3.05) is 30.7 Å². The van der Waals surface area contributed by atoms with E-state index in [1.54, 1.807) is 0 Å². The fourth-order valence-corrected chi connectivity index (χ4v) is 2.49. The minimum Gasteiger partial charge on any atom is -0.384 e. The highest BCUT2D eigenvalue weighted by atomic mass is 15.1. The molecule has 1 aromatic rings. The van der Waals surface area contributed by atoms with Gasteiger partial charge >= 0.3 is 0 Å². The quantitative estimate of drug-likeness (QED) is 0.849. The van der Waals surface area contributed by atoms with Crippen LogP contribution >= 0.6 is 0 Å². The zero-order valence-electron chi connectivity index (χ0n) is 11.3. The van der Waals surface area contributed by atoms with Gasteiger partial charge in [-0.15, -0.1) is 0 Å². The minimum atomic E-state index is 0.506. The lowest BCUT2D eigenvalue weighted by Gasteiger charge is -2.32. The molecule has 2 rings (SSSR count). The molecule has 0 aromatic carbocycles. The van der Waals surface area contributed by atoms with E-state index in [1.807, 2.05) is 13.0 Å². The van der Waals surface area contributed by atoms with E-state index in [0.29, 0.717) is 11.9 Å². The van der Waals surface area contributed by atoms with Crippen LogP contribution in [0.5, 0.6) is 0 Å². The van der Waals surface area contributed by atoms with E-state index >= 15 is 0 Å². The molecule has 5 nitrogen and oxygen atoms in total. The predicted octanol–water partition coefficient (Wildman–Crippen LogP) is 1.65. The maximum Gasteiger partial charge on any atom is 0.132 e. The third-order valence-electron chi connectivity index (χ3n) is 3.34. The van der Waals surface area contributed by atoms with Gasteiger partial charge in [0.05, 0.1) is 0 Å². The smallest absolute Gasteiger partial charge is 0.132 e. The summed E-state index contributed by atoms with van der Waals surface area (Å²) in [6.07, 6.45) is 3.58. The first kappa shape index (κ1) is 13.1. The molecule has 0 aliphatic carbocycles. The van der Waals surface area contributed by atoms with Gasteiger partial charge in [-0.3, -0.25) is 0 Å². The number of likely N-dealkylation sites (tertiary alicyclic amines) is 1. The first-order chi connectivity index (χ1) is 8.67. The number of rotatable bonds is 4. The maximum atomic E-state index is 5.73. The summed E-state index contributed by atoms with van der Waals surface area (Å²) in [5, 5.41) is 3.47. The second kappa shape index (κ2) is 6.00. The summed E-state index contributed by atoms with van der Waals surface area (Å²) in [7, 11) is 0. The summed E-state index contributed by atoms with van der Waals surface area (Å²) in [4.78, 5) is 11.0. The Kier molecular flexibility index (Phi) is 4.36. The molecule has 0 radical (unpaired) electrons. The summed E-state index contributed by atoms with van der Waals surface area (Å²) in [5.74, 6) is 2.11. The van der Waals surface area contributed by atoms with E-state index in [-0.39, 0.29) is 0 Å². The largest absolute Gasteiger partial charge is 0.384 e. The highest BCUT2D eigenvalue weighted by Gasteiger charge is 2.18. The van der Waals surface area contributed by atoms with Crippen LogP contribution in [0, 0.1) is 6.92 Å². The van der Waals surface area contributed by atoms with Gasteiger partial charge in [0, 0.05) is 25.2 Å². The molecule has 0 amide bonds. The van der Waals surface area contributed by atoms with Gasteiger partial charge < -0.3 is 16.0 Å². The van der Waals surface area contributed by atoms with Crippen molar-refractivity contribution in [1.29, 1.82) is 0 Å². The van der Waals surface area contributed by atoms with Crippen LogP contribution in [0.3, 0.4) is 0 Å². The highest BCUT2D eigenvalue weighted by molar-refractivity contribution is 5.45. The lowest BCUT2D eigenvalue weighted by atomic mass is 10.0. The number of piperidine rings is 1. The SMILES string of the molecule is CCCN1CCC(Nc2cc(N)nc(C)n2)CC1. The first-order valence-electron chi connectivity index (χ1n) is 6.77. The van der Waals surface area contributed by atoms with Crippen molar-refractivity contribution in [3.8, 4) is 0 Å². The standard InChI is InChI=1S/C13H23N5/c1-3-6-18-7-4-11(5-8-18)17-13-9-12(14)15-10(2)16-13/h9,11H,3-8H2,1-2H3,(H3,14,15,16,17). The van der Waals surface area contributed by atoms with Crippen LogP contribution in [0.1, 0.15) is 32.0 Å². The molecule has 100 valence electrons. The molecular formula is C13H23N5. The molecule has 1 aliphatic rings. The van der Waals surface area contributed by atoms with Crippen molar-refractivity contribution in [3.63, 3.8) is 0 Å². The predicted molar refractivity (Wildman–Crippen MR) is 74.6 cm³/mol. The van der Waals surface area contributed by atoms with Crippen LogP contribution in [0.2, 0.25) is 0 Å². The second-order valence-electron chi connectivity index (χ2n) is 4.99. The van der Waals surface area contributed by atoms with Crippen LogP contribution in [0.15, 0.2) is 6.07 Å². The zero-order chi connectivity index (χ0) is 13.0. The number of aryl methyl sites for hydroxylation is 1. The lowest BCUT2D eigenvalue weighted by Crippen LogP contribution is -2.39. The Hall–Kier alpha value is -1.36. The molecule has 2 heterocycles. The summed E-state index contributed by atoms with van der Waals surface area (Å²) >= 11 is 0. The number of anilines is 2. The molecule has 1 aliphatic heterocycles. The van der Waals surface area contributed by atoms with Gasteiger partial charge in [-0.2, -0.15) is 0 Å². The molecule has 5 heteroatoms. The van der Waals surface area contributed by atoms with Gasteiger partial charge in [0.15, 0.2) is 0 Å². The Labute approximate surface area is 109 Å². The molecule has 1 aromatic heterocycles. The molecule has 1 saturated heterocycles. The van der Waals surface area contributed by atoms with Crippen molar-refractivity contribution in [1.82, 2.24) is 14.9 Å². The van der Waals surface area contributed by atoms with Gasteiger partial charge in [0.25, 0.3) is 0 Å². The second-order valence-corrected chi connectivity index (χ2v) is 4.99. The normalized spacial score (nSPS) is 17.9. The third-order valence-corrected chi connectivity index (χ3v) is 3.34. The average molecular weight is 249 g/mol. The molecule has 0 spiro atoms. The summed E-state index contributed by atoms with van der Waals surface area (Å²) in [6, 6.07) is 2.32. The van der Waals surface area contributed by atoms with Crippen LogP contribution in [-0.4, -0.2) is 40.5 Å². The Morgan fingerprint density at radius 1 is 1.39 bits per heavy atom. The fraction of sp³-hybridized carbons (Fsp3) is 0.692. The topological polar surface area (TPSA) is 67.1 Å². The summed E-state index contributed by atoms with van der Waals surface area (Å²) < 4.78 is 0. The average Bonchev–Trinajstić information content (AvgIpc) is 2.31. The Bertz CT molecular complexity index is 365. The molecule has 0 bridgehead atoms. The fourth-order valence-electron chi connectivity index (χ4n) is 2.49. The number of hydrogen-bond donors (Lipinski definition) is 2.